The van der Waals surface area contributed by atoms with E-state index >= 15 is 0 Å². The lowest BCUT2D eigenvalue weighted by molar-refractivity contribution is 0.103. The van der Waals surface area contributed by atoms with Crippen molar-refractivity contribution in [3.63, 3.8) is 0 Å². The van der Waals surface area contributed by atoms with E-state index in [2.05, 4.69) is 32.6 Å². The molecule has 0 aliphatic heterocycles. The summed E-state index contributed by atoms with van der Waals surface area (Å²) in [6.45, 7) is 2.42. The number of nitrogens with one attached hydrogen (secondary N) is 2. The van der Waals surface area contributed by atoms with Crippen molar-refractivity contribution in [3.05, 3.63) is 149 Å². The molecule has 2 N–H and O–H groups in total. The number of aromatic nitrogens is 4. The third-order valence-corrected chi connectivity index (χ3v) is 8.22. The first-order chi connectivity index (χ1) is 22.6. The van der Waals surface area contributed by atoms with Gasteiger partial charge in [-0.3, -0.25) is 9.89 Å². The van der Waals surface area contributed by atoms with Gasteiger partial charge in [0.15, 0.2) is 11.6 Å². The van der Waals surface area contributed by atoms with Crippen molar-refractivity contribution in [1.29, 1.82) is 0 Å². The largest absolute Gasteiger partial charge is 0.493 e. The van der Waals surface area contributed by atoms with Crippen LogP contribution in [0, 0.1) is 6.92 Å². The Morgan fingerprint density at radius 2 is 1.63 bits per heavy atom. The number of para-hydroxylation sites is 1. The summed E-state index contributed by atoms with van der Waals surface area (Å²) >= 11 is 0. The number of hydrogen-bond donors (Lipinski definition) is 2. The van der Waals surface area contributed by atoms with Crippen LogP contribution < -0.4 is 10.1 Å². The highest BCUT2D eigenvalue weighted by molar-refractivity contribution is 6.12. The molecule has 0 radical (unpaired) electrons. The van der Waals surface area contributed by atoms with Crippen LogP contribution in [-0.4, -0.2) is 32.6 Å². The molecule has 0 spiro atoms. The fourth-order valence-electron chi connectivity index (χ4n) is 5.52. The highest BCUT2D eigenvalue weighted by atomic mass is 16.5. The van der Waals surface area contributed by atoms with Crippen molar-refractivity contribution in [2.45, 2.75) is 44.6 Å². The molecule has 1 fully saturated rings. The van der Waals surface area contributed by atoms with Crippen molar-refractivity contribution in [2.75, 3.05) is 11.9 Å². The number of carbonyl (C=O) groups is 1. The average molecular weight is 610 g/mol. The molecule has 0 unspecified atom stereocenters. The maximum atomic E-state index is 13.4. The Bertz CT molecular complexity index is 1910. The molecule has 8 heteroatoms. The molecule has 2 heterocycles. The summed E-state index contributed by atoms with van der Waals surface area (Å²) < 4.78 is 12.0. The predicted molar refractivity (Wildman–Crippen MR) is 177 cm³/mol. The molecule has 1 atom stereocenters. The molecule has 0 amide bonds. The van der Waals surface area contributed by atoms with Crippen LogP contribution in [0.3, 0.4) is 0 Å². The van der Waals surface area contributed by atoms with Crippen molar-refractivity contribution in [2.24, 2.45) is 0 Å². The molecule has 1 saturated carbocycles. The van der Waals surface area contributed by atoms with Crippen LogP contribution in [0.25, 0.3) is 11.5 Å². The quantitative estimate of drug-likeness (QED) is 0.128. The number of carbonyl (C=O) groups excluding carboxylic acids is 1. The van der Waals surface area contributed by atoms with E-state index < -0.39 is 0 Å². The van der Waals surface area contributed by atoms with E-state index in [4.69, 9.17) is 14.1 Å². The van der Waals surface area contributed by atoms with Gasteiger partial charge in [0.05, 0.1) is 18.3 Å². The van der Waals surface area contributed by atoms with E-state index in [1.54, 1.807) is 0 Å². The molecule has 230 valence electrons. The lowest BCUT2D eigenvalue weighted by Crippen LogP contribution is -2.18. The van der Waals surface area contributed by atoms with E-state index in [0.717, 1.165) is 52.7 Å². The van der Waals surface area contributed by atoms with Gasteiger partial charge in [0.25, 0.3) is 0 Å². The monoisotopic (exact) mass is 609 g/mol. The molecule has 4 aromatic carbocycles. The van der Waals surface area contributed by atoms with Gasteiger partial charge < -0.3 is 14.5 Å². The fourth-order valence-corrected chi connectivity index (χ4v) is 5.52. The number of oxazole rings is 1. The Labute approximate surface area is 267 Å². The summed E-state index contributed by atoms with van der Waals surface area (Å²) in [5.41, 5.74) is 4.95. The molecule has 2 aromatic heterocycles. The third kappa shape index (κ3) is 6.76. The van der Waals surface area contributed by atoms with Crippen molar-refractivity contribution in [1.82, 2.24) is 20.2 Å². The summed E-state index contributed by atoms with van der Waals surface area (Å²) in [5.74, 6) is 4.25. The van der Waals surface area contributed by atoms with Gasteiger partial charge in [-0.05, 0) is 68.1 Å². The van der Waals surface area contributed by atoms with Gasteiger partial charge in [0, 0.05) is 34.7 Å². The number of benzene rings is 4. The number of nitrogens with zero attached hydrogens (tertiary/aromatic N) is 3. The van der Waals surface area contributed by atoms with Gasteiger partial charge in [-0.1, -0.05) is 72.8 Å². The van der Waals surface area contributed by atoms with Gasteiger partial charge >= 0.3 is 0 Å². The van der Waals surface area contributed by atoms with Crippen LogP contribution in [-0.2, 0) is 12.8 Å². The molecule has 0 bridgehead atoms. The van der Waals surface area contributed by atoms with Crippen LogP contribution in [0.5, 0.6) is 5.75 Å². The minimum Gasteiger partial charge on any atom is -0.493 e. The number of aromatic amines is 1. The zero-order valence-electron chi connectivity index (χ0n) is 25.6. The molecule has 1 aliphatic carbocycles. The van der Waals surface area contributed by atoms with Crippen molar-refractivity contribution < 1.29 is 13.9 Å². The average Bonchev–Trinajstić information content (AvgIpc) is 3.72. The van der Waals surface area contributed by atoms with Gasteiger partial charge in [0.1, 0.15) is 17.3 Å². The molecule has 7 rings (SSSR count). The summed E-state index contributed by atoms with van der Waals surface area (Å²) in [5, 5.41) is 11.3. The van der Waals surface area contributed by atoms with Crippen LogP contribution in [0.1, 0.15) is 69.4 Å². The number of H-pyrrole nitrogens is 1. The van der Waals surface area contributed by atoms with Crippen LogP contribution >= 0.6 is 0 Å². The van der Waals surface area contributed by atoms with Gasteiger partial charge in [-0.15, -0.1) is 0 Å². The smallest absolute Gasteiger partial charge is 0.226 e. The second-order valence-electron chi connectivity index (χ2n) is 11.6. The first kappa shape index (κ1) is 29.2. The molecule has 1 aliphatic rings. The SMILES string of the molecule is Cc1oc(-c2ccccc2)nc1CCOc1ccc(C[C@H](Nc2ccccc2C(=O)c2ccccc2)c2n[nH]c(C3CC3)n2)cc1. The molecular formula is C38H35N5O3. The fraction of sp³-hybridized carbons (Fsp3) is 0.211. The molecule has 46 heavy (non-hydrogen) atoms. The molecule has 0 saturated heterocycles. The number of ether oxygens (including phenoxy) is 1. The van der Waals surface area contributed by atoms with Gasteiger partial charge in [-0.25, -0.2) is 9.97 Å². The Hall–Kier alpha value is -5.50. The number of ketones is 1. The topological polar surface area (TPSA) is 106 Å². The van der Waals surface area contributed by atoms with Crippen LogP contribution in [0.2, 0.25) is 0 Å². The van der Waals surface area contributed by atoms with Gasteiger partial charge in [0.2, 0.25) is 5.89 Å². The summed E-state index contributed by atoms with van der Waals surface area (Å²) in [6, 6.07) is 34.7. The molecular weight excluding hydrogens is 574 g/mol. The van der Waals surface area contributed by atoms with Crippen LogP contribution in [0.15, 0.2) is 114 Å². The Balaban J connectivity index is 1.04. The third-order valence-electron chi connectivity index (χ3n) is 8.22. The molecule has 8 nitrogen and oxygen atoms in total. The zero-order chi connectivity index (χ0) is 31.3. The maximum Gasteiger partial charge on any atom is 0.226 e. The summed E-state index contributed by atoms with van der Waals surface area (Å²) in [7, 11) is 0. The van der Waals surface area contributed by atoms with Gasteiger partial charge in [-0.2, -0.15) is 5.10 Å². The second kappa shape index (κ2) is 13.2. The number of aryl methyl sites for hydroxylation is 1. The van der Waals surface area contributed by atoms with E-state index in [1.165, 1.54) is 0 Å². The second-order valence-corrected chi connectivity index (χ2v) is 11.6. The molecule has 6 aromatic rings. The summed E-state index contributed by atoms with van der Waals surface area (Å²) in [6.07, 6.45) is 3.53. The first-order valence-corrected chi connectivity index (χ1v) is 15.7. The highest BCUT2D eigenvalue weighted by Crippen LogP contribution is 2.38. The first-order valence-electron chi connectivity index (χ1n) is 15.7. The van der Waals surface area contributed by atoms with E-state index in [9.17, 15) is 4.79 Å². The minimum absolute atomic E-state index is 0.0327. The highest BCUT2D eigenvalue weighted by Gasteiger charge is 2.29. The Kier molecular flexibility index (Phi) is 8.41. The minimum atomic E-state index is -0.255. The predicted octanol–water partition coefficient (Wildman–Crippen LogP) is 7.89. The summed E-state index contributed by atoms with van der Waals surface area (Å²) in [4.78, 5) is 23.0. The van der Waals surface area contributed by atoms with E-state index in [-0.39, 0.29) is 11.8 Å². The van der Waals surface area contributed by atoms with E-state index in [1.807, 2.05) is 104 Å². The normalized spacial score (nSPS) is 13.3. The van der Waals surface area contributed by atoms with Crippen LogP contribution in [0.4, 0.5) is 5.69 Å². The lowest BCUT2D eigenvalue weighted by atomic mass is 10.00. The number of hydrogen-bond acceptors (Lipinski definition) is 7. The number of anilines is 1. The lowest BCUT2D eigenvalue weighted by Gasteiger charge is -2.20. The van der Waals surface area contributed by atoms with E-state index in [0.29, 0.717) is 48.2 Å². The standard InChI is InChI=1S/C38H35N5O3/c1-25-32(40-38(46-25)29-12-6-3-7-13-29)22-23-45-30-20-16-26(17-21-30)24-34(37-41-36(42-43-37)28-18-19-28)39-33-15-9-8-14-31(33)35(44)27-10-4-2-5-11-27/h2-17,20-21,28,34,39H,18-19,22-24H2,1H3,(H,41,42,43)/t34-/m0/s1. The maximum absolute atomic E-state index is 13.4. The zero-order valence-corrected chi connectivity index (χ0v) is 25.6. The Morgan fingerprint density at radius 3 is 2.39 bits per heavy atom. The van der Waals surface area contributed by atoms with Crippen molar-refractivity contribution >= 4 is 11.5 Å². The van der Waals surface area contributed by atoms with Crippen molar-refractivity contribution in [3.8, 4) is 17.2 Å². The Morgan fingerprint density at radius 1 is 0.913 bits per heavy atom. The number of rotatable bonds is 13.